The van der Waals surface area contributed by atoms with Crippen LogP contribution >= 0.6 is 0 Å². The smallest absolute Gasteiger partial charge is 0.303 e. The lowest BCUT2D eigenvalue weighted by molar-refractivity contribution is -0.137. The number of hydrogen-bond donors (Lipinski definition) is 2. The van der Waals surface area contributed by atoms with Crippen LogP contribution in [0.1, 0.15) is 59.9 Å². The number of carboxylic acids is 1. The van der Waals surface area contributed by atoms with E-state index in [9.17, 15) is 13.2 Å². The lowest BCUT2D eigenvalue weighted by Crippen LogP contribution is -2.24. The van der Waals surface area contributed by atoms with Crippen molar-refractivity contribution in [3.8, 4) is 0 Å². The number of aliphatic carboxylic acids is 1. The average molecular weight is 418 g/mol. The van der Waals surface area contributed by atoms with Crippen molar-refractivity contribution in [3.63, 3.8) is 0 Å². The van der Waals surface area contributed by atoms with Crippen molar-refractivity contribution in [2.75, 3.05) is 0 Å². The van der Waals surface area contributed by atoms with E-state index in [1.807, 2.05) is 26.8 Å². The number of unbranched alkanes of at least 4 members (excludes halogenated alkanes) is 3. The summed E-state index contributed by atoms with van der Waals surface area (Å²) in [5, 5.41) is 8.65. The molecule has 0 atom stereocenters. The number of carbonyl (C=O) groups is 1. The van der Waals surface area contributed by atoms with E-state index < -0.39 is 16.0 Å². The fraction of sp³-hybridized carbons (Fsp3) is 0.435. The average Bonchev–Trinajstić information content (AvgIpc) is 2.63. The van der Waals surface area contributed by atoms with Gasteiger partial charge in [-0.05, 0) is 74.4 Å². The van der Waals surface area contributed by atoms with Gasteiger partial charge < -0.3 is 5.11 Å². The second-order valence-corrected chi connectivity index (χ2v) is 9.42. The van der Waals surface area contributed by atoms with E-state index in [2.05, 4.69) is 16.9 Å². The maximum atomic E-state index is 12.8. The zero-order valence-corrected chi connectivity index (χ0v) is 18.3. The van der Waals surface area contributed by atoms with Crippen LogP contribution in [0, 0.1) is 20.8 Å². The first-order valence-electron chi connectivity index (χ1n) is 10.1. The van der Waals surface area contributed by atoms with Crippen molar-refractivity contribution in [3.05, 3.63) is 64.2 Å². The Hall–Kier alpha value is -2.18. The van der Waals surface area contributed by atoms with Gasteiger partial charge in [0.2, 0.25) is 10.0 Å². The van der Waals surface area contributed by atoms with Gasteiger partial charge in [0, 0.05) is 13.0 Å². The van der Waals surface area contributed by atoms with Gasteiger partial charge in [-0.25, -0.2) is 13.1 Å². The van der Waals surface area contributed by atoms with Crippen molar-refractivity contribution < 1.29 is 18.3 Å². The summed E-state index contributed by atoms with van der Waals surface area (Å²) in [6.07, 6.45) is 4.41. The van der Waals surface area contributed by atoms with Crippen LogP contribution in [0.2, 0.25) is 0 Å². The highest BCUT2D eigenvalue weighted by atomic mass is 32.2. The van der Waals surface area contributed by atoms with E-state index in [0.29, 0.717) is 6.42 Å². The molecule has 158 valence electrons. The number of aryl methyl sites for hydroxylation is 4. The summed E-state index contributed by atoms with van der Waals surface area (Å²) >= 11 is 0. The zero-order chi connectivity index (χ0) is 21.4. The molecule has 2 aromatic carbocycles. The number of hydrogen-bond acceptors (Lipinski definition) is 3. The van der Waals surface area contributed by atoms with Crippen LogP contribution < -0.4 is 4.72 Å². The lowest BCUT2D eigenvalue weighted by atomic mass is 10.0. The quantitative estimate of drug-likeness (QED) is 0.521. The van der Waals surface area contributed by atoms with Gasteiger partial charge in [-0.3, -0.25) is 4.79 Å². The molecule has 0 heterocycles. The van der Waals surface area contributed by atoms with Crippen LogP contribution in [0.15, 0.2) is 41.3 Å². The summed E-state index contributed by atoms with van der Waals surface area (Å²) in [4.78, 5) is 10.8. The van der Waals surface area contributed by atoms with Gasteiger partial charge in [-0.1, -0.05) is 42.7 Å². The predicted molar refractivity (Wildman–Crippen MR) is 116 cm³/mol. The third kappa shape index (κ3) is 7.29. The first-order valence-corrected chi connectivity index (χ1v) is 11.5. The molecule has 0 aliphatic rings. The normalized spacial score (nSPS) is 11.6. The Kier molecular flexibility index (Phi) is 8.41. The largest absolute Gasteiger partial charge is 0.481 e. The molecular weight excluding hydrogens is 386 g/mol. The maximum Gasteiger partial charge on any atom is 0.303 e. The van der Waals surface area contributed by atoms with Crippen LogP contribution in [0.3, 0.4) is 0 Å². The van der Waals surface area contributed by atoms with Gasteiger partial charge in [0.25, 0.3) is 0 Å². The van der Waals surface area contributed by atoms with Crippen molar-refractivity contribution >= 4 is 16.0 Å². The number of carboxylic acid groups (broad SMARTS) is 1. The standard InChI is InChI=1S/C23H31NO4S/c1-17-13-18(2)22(19(3)14-17)16-24-29(27,28)21-11-8-10-20(15-21)9-6-4-5-7-12-23(25)26/h8,10-11,13-15,24H,4-7,9,12,16H2,1-3H3,(H,25,26). The molecule has 0 radical (unpaired) electrons. The van der Waals surface area contributed by atoms with Gasteiger partial charge in [0.1, 0.15) is 0 Å². The molecule has 29 heavy (non-hydrogen) atoms. The minimum absolute atomic E-state index is 0.208. The highest BCUT2D eigenvalue weighted by molar-refractivity contribution is 7.89. The molecule has 0 fully saturated rings. The third-order valence-corrected chi connectivity index (χ3v) is 6.49. The fourth-order valence-electron chi connectivity index (χ4n) is 3.57. The Morgan fingerprint density at radius 2 is 1.62 bits per heavy atom. The van der Waals surface area contributed by atoms with Crippen molar-refractivity contribution in [1.29, 1.82) is 0 Å². The molecule has 0 aliphatic carbocycles. The van der Waals surface area contributed by atoms with Gasteiger partial charge in [-0.2, -0.15) is 0 Å². The van der Waals surface area contributed by atoms with Crippen molar-refractivity contribution in [1.82, 2.24) is 4.72 Å². The second kappa shape index (κ2) is 10.6. The minimum Gasteiger partial charge on any atom is -0.481 e. The molecule has 2 aromatic rings. The van der Waals surface area contributed by atoms with Gasteiger partial charge in [0.05, 0.1) is 4.90 Å². The van der Waals surface area contributed by atoms with Crippen LogP contribution in [-0.4, -0.2) is 19.5 Å². The Labute approximate surface area is 174 Å². The molecule has 0 bridgehead atoms. The molecule has 0 aromatic heterocycles. The fourth-order valence-corrected chi connectivity index (χ4v) is 4.63. The van der Waals surface area contributed by atoms with E-state index in [1.165, 1.54) is 5.56 Å². The van der Waals surface area contributed by atoms with Gasteiger partial charge >= 0.3 is 5.97 Å². The Bertz CT molecular complexity index is 928. The molecule has 0 unspecified atom stereocenters. The van der Waals surface area contributed by atoms with Crippen molar-refractivity contribution in [2.45, 2.75) is 70.7 Å². The molecule has 0 spiro atoms. The Balaban J connectivity index is 1.95. The monoisotopic (exact) mass is 417 g/mol. The molecule has 6 heteroatoms. The third-order valence-electron chi connectivity index (χ3n) is 5.09. The molecule has 2 rings (SSSR count). The maximum absolute atomic E-state index is 12.8. The van der Waals surface area contributed by atoms with E-state index in [0.717, 1.165) is 47.9 Å². The van der Waals surface area contributed by atoms with Gasteiger partial charge in [-0.15, -0.1) is 0 Å². The molecule has 0 amide bonds. The van der Waals surface area contributed by atoms with E-state index >= 15 is 0 Å². The van der Waals surface area contributed by atoms with Crippen LogP contribution in [0.25, 0.3) is 0 Å². The highest BCUT2D eigenvalue weighted by Gasteiger charge is 2.15. The van der Waals surface area contributed by atoms with Crippen LogP contribution in [0.4, 0.5) is 0 Å². The topological polar surface area (TPSA) is 83.5 Å². The summed E-state index contributed by atoms with van der Waals surface area (Å²) in [6.45, 7) is 6.31. The minimum atomic E-state index is -3.59. The first kappa shape index (κ1) is 23.1. The SMILES string of the molecule is Cc1cc(C)c(CNS(=O)(=O)c2cccc(CCCCCCC(=O)O)c2)c(C)c1. The number of nitrogens with one attached hydrogen (secondary N) is 1. The van der Waals surface area contributed by atoms with Gasteiger partial charge in [0.15, 0.2) is 0 Å². The molecule has 2 N–H and O–H groups in total. The highest BCUT2D eigenvalue weighted by Crippen LogP contribution is 2.19. The molecule has 5 nitrogen and oxygen atoms in total. The summed E-state index contributed by atoms with van der Waals surface area (Å²) < 4.78 is 28.3. The summed E-state index contributed by atoms with van der Waals surface area (Å²) in [6, 6.07) is 11.2. The molecule has 0 saturated heterocycles. The van der Waals surface area contributed by atoms with Crippen molar-refractivity contribution in [2.24, 2.45) is 0 Å². The van der Waals surface area contributed by atoms with E-state index in [1.54, 1.807) is 18.2 Å². The van der Waals surface area contributed by atoms with E-state index in [4.69, 9.17) is 5.11 Å². The molecule has 0 aliphatic heterocycles. The second-order valence-electron chi connectivity index (χ2n) is 7.66. The molecular formula is C23H31NO4S. The summed E-state index contributed by atoms with van der Waals surface area (Å²) in [5.74, 6) is -0.758. The van der Waals surface area contributed by atoms with Crippen LogP contribution in [-0.2, 0) is 27.8 Å². The predicted octanol–water partition coefficient (Wildman–Crippen LogP) is 4.67. The first-order chi connectivity index (χ1) is 13.7. The zero-order valence-electron chi connectivity index (χ0n) is 17.5. The van der Waals surface area contributed by atoms with Crippen LogP contribution in [0.5, 0.6) is 0 Å². The lowest BCUT2D eigenvalue weighted by Gasteiger charge is -2.13. The molecule has 0 saturated carbocycles. The van der Waals surface area contributed by atoms with E-state index in [-0.39, 0.29) is 17.9 Å². The number of sulfonamides is 1. The number of rotatable bonds is 11. The Morgan fingerprint density at radius 3 is 2.28 bits per heavy atom. The number of benzene rings is 2. The summed E-state index contributed by atoms with van der Waals surface area (Å²) in [7, 11) is -3.59. The Morgan fingerprint density at radius 1 is 0.966 bits per heavy atom. The summed E-state index contributed by atoms with van der Waals surface area (Å²) in [5.41, 5.74) is 5.33.